The Morgan fingerprint density at radius 1 is 0.920 bits per heavy atom. The minimum absolute atomic E-state index is 0.0302. The van der Waals surface area contributed by atoms with Gasteiger partial charge in [-0.3, -0.25) is 9.59 Å². The third kappa shape index (κ3) is 3.92. The van der Waals surface area contributed by atoms with Gasteiger partial charge in [-0.15, -0.1) is 0 Å². The molecule has 25 heavy (non-hydrogen) atoms. The van der Waals surface area contributed by atoms with E-state index in [1.165, 1.54) is 11.8 Å². The van der Waals surface area contributed by atoms with E-state index in [0.717, 1.165) is 6.42 Å². The van der Waals surface area contributed by atoms with Gasteiger partial charge in [0.05, 0.1) is 6.26 Å². The van der Waals surface area contributed by atoms with Crippen LogP contribution in [0.3, 0.4) is 0 Å². The number of nitrogens with zero attached hydrogens (tertiary/aromatic N) is 2. The van der Waals surface area contributed by atoms with Crippen molar-refractivity contribution < 1.29 is 14.0 Å². The predicted molar refractivity (Wildman–Crippen MR) is 95.7 cm³/mol. The first-order valence-electron chi connectivity index (χ1n) is 8.78. The summed E-state index contributed by atoms with van der Waals surface area (Å²) in [7, 11) is 0. The Morgan fingerprint density at radius 2 is 1.56 bits per heavy atom. The van der Waals surface area contributed by atoms with Gasteiger partial charge in [0.1, 0.15) is 0 Å². The molecule has 1 aromatic carbocycles. The van der Waals surface area contributed by atoms with Crippen molar-refractivity contribution in [3.8, 4) is 0 Å². The fourth-order valence-electron chi connectivity index (χ4n) is 3.07. The summed E-state index contributed by atoms with van der Waals surface area (Å²) < 4.78 is 5.19. The first-order valence-corrected chi connectivity index (χ1v) is 8.78. The number of benzene rings is 1. The molecule has 2 heterocycles. The van der Waals surface area contributed by atoms with E-state index in [1.54, 1.807) is 17.0 Å². The number of hydrogen-bond acceptors (Lipinski definition) is 3. The smallest absolute Gasteiger partial charge is 0.289 e. The molecule has 0 saturated carbocycles. The highest BCUT2D eigenvalue weighted by molar-refractivity contribution is 5.94. The standard InChI is InChI=1S/C20H24N2O3/c1-15(2)16-6-8-17(9-7-16)19(23)21-10-4-11-22(13-12-21)20(24)18-5-3-14-25-18/h3,5-9,14-15H,4,10-13H2,1-2H3. The van der Waals surface area contributed by atoms with E-state index >= 15 is 0 Å². The van der Waals surface area contributed by atoms with E-state index in [0.29, 0.717) is 43.4 Å². The second-order valence-electron chi connectivity index (χ2n) is 6.69. The minimum Gasteiger partial charge on any atom is -0.459 e. The van der Waals surface area contributed by atoms with Crippen LogP contribution in [0.5, 0.6) is 0 Å². The summed E-state index contributed by atoms with van der Waals surface area (Å²) >= 11 is 0. The lowest BCUT2D eigenvalue weighted by atomic mass is 10.0. The van der Waals surface area contributed by atoms with E-state index in [9.17, 15) is 9.59 Å². The third-order valence-electron chi connectivity index (χ3n) is 4.63. The van der Waals surface area contributed by atoms with Crippen LogP contribution in [0, 0.1) is 0 Å². The number of furan rings is 1. The Hall–Kier alpha value is -2.56. The zero-order valence-electron chi connectivity index (χ0n) is 14.8. The molecule has 0 bridgehead atoms. The number of amides is 2. The lowest BCUT2D eigenvalue weighted by molar-refractivity contribution is 0.0700. The second kappa shape index (κ2) is 7.55. The van der Waals surface area contributed by atoms with Crippen LogP contribution in [0.25, 0.3) is 0 Å². The van der Waals surface area contributed by atoms with Crippen molar-refractivity contribution in [2.45, 2.75) is 26.2 Å². The molecule has 1 aromatic heterocycles. The molecular formula is C20H24N2O3. The van der Waals surface area contributed by atoms with E-state index in [-0.39, 0.29) is 11.8 Å². The molecule has 0 radical (unpaired) electrons. The minimum atomic E-state index is -0.111. The van der Waals surface area contributed by atoms with Crippen molar-refractivity contribution in [2.75, 3.05) is 26.2 Å². The summed E-state index contributed by atoms with van der Waals surface area (Å²) in [4.78, 5) is 28.7. The van der Waals surface area contributed by atoms with E-state index < -0.39 is 0 Å². The Balaban J connectivity index is 1.64. The van der Waals surface area contributed by atoms with Gasteiger partial charge in [0.2, 0.25) is 0 Å². The van der Waals surface area contributed by atoms with Gasteiger partial charge in [-0.05, 0) is 42.2 Å². The zero-order valence-corrected chi connectivity index (χ0v) is 14.8. The monoisotopic (exact) mass is 340 g/mol. The molecule has 0 unspecified atom stereocenters. The summed E-state index contributed by atoms with van der Waals surface area (Å²) in [5, 5.41) is 0. The van der Waals surface area contributed by atoms with Crippen LogP contribution in [-0.2, 0) is 0 Å². The molecule has 2 aromatic rings. The molecule has 0 N–H and O–H groups in total. The van der Waals surface area contributed by atoms with Crippen molar-refractivity contribution in [3.63, 3.8) is 0 Å². The highest BCUT2D eigenvalue weighted by Crippen LogP contribution is 2.17. The molecule has 1 aliphatic rings. The number of carbonyl (C=O) groups excluding carboxylic acids is 2. The number of rotatable bonds is 3. The number of hydrogen-bond donors (Lipinski definition) is 0. The van der Waals surface area contributed by atoms with E-state index in [4.69, 9.17) is 4.42 Å². The van der Waals surface area contributed by atoms with Gasteiger partial charge in [-0.1, -0.05) is 26.0 Å². The maximum atomic E-state index is 12.7. The molecule has 0 aliphatic carbocycles. The summed E-state index contributed by atoms with van der Waals surface area (Å²) in [5.41, 5.74) is 1.93. The molecule has 0 atom stereocenters. The van der Waals surface area contributed by atoms with Gasteiger partial charge in [0.25, 0.3) is 11.8 Å². The SMILES string of the molecule is CC(C)c1ccc(C(=O)N2CCCN(C(=O)c3ccco3)CC2)cc1. The fraction of sp³-hybridized carbons (Fsp3) is 0.400. The Labute approximate surface area is 148 Å². The number of carbonyl (C=O) groups is 2. The van der Waals surface area contributed by atoms with Gasteiger partial charge in [-0.25, -0.2) is 0 Å². The van der Waals surface area contributed by atoms with Crippen molar-refractivity contribution in [2.24, 2.45) is 0 Å². The average molecular weight is 340 g/mol. The van der Waals surface area contributed by atoms with Crippen molar-refractivity contribution in [1.82, 2.24) is 9.80 Å². The molecule has 0 spiro atoms. The zero-order chi connectivity index (χ0) is 17.8. The molecule has 3 rings (SSSR count). The Bertz CT molecular complexity index is 720. The molecule has 132 valence electrons. The normalized spacial score (nSPS) is 15.3. The summed E-state index contributed by atoms with van der Waals surface area (Å²) in [6.45, 7) is 6.63. The summed E-state index contributed by atoms with van der Waals surface area (Å²) in [6.07, 6.45) is 2.27. The first kappa shape index (κ1) is 17.3. The van der Waals surface area contributed by atoms with Gasteiger partial charge >= 0.3 is 0 Å². The van der Waals surface area contributed by atoms with Crippen LogP contribution in [0.2, 0.25) is 0 Å². The second-order valence-corrected chi connectivity index (χ2v) is 6.69. The molecule has 5 heteroatoms. The van der Waals surface area contributed by atoms with Crippen LogP contribution in [-0.4, -0.2) is 47.8 Å². The van der Waals surface area contributed by atoms with E-state index in [1.807, 2.05) is 29.2 Å². The van der Waals surface area contributed by atoms with E-state index in [2.05, 4.69) is 13.8 Å². The molecular weight excluding hydrogens is 316 g/mol. The fourth-order valence-corrected chi connectivity index (χ4v) is 3.07. The maximum Gasteiger partial charge on any atom is 0.289 e. The topological polar surface area (TPSA) is 53.8 Å². The highest BCUT2D eigenvalue weighted by Gasteiger charge is 2.24. The average Bonchev–Trinajstić information content (AvgIpc) is 3.05. The Kier molecular flexibility index (Phi) is 5.22. The highest BCUT2D eigenvalue weighted by atomic mass is 16.3. The molecule has 2 amide bonds. The van der Waals surface area contributed by atoms with Crippen molar-refractivity contribution in [1.29, 1.82) is 0 Å². The first-order chi connectivity index (χ1) is 12.1. The molecule has 1 saturated heterocycles. The predicted octanol–water partition coefficient (Wildman–Crippen LogP) is 3.39. The van der Waals surface area contributed by atoms with Crippen LogP contribution in [0.1, 0.15) is 52.7 Å². The Morgan fingerprint density at radius 3 is 2.12 bits per heavy atom. The lowest BCUT2D eigenvalue weighted by Gasteiger charge is -2.22. The van der Waals surface area contributed by atoms with Crippen molar-refractivity contribution in [3.05, 3.63) is 59.5 Å². The van der Waals surface area contributed by atoms with Gasteiger partial charge in [0, 0.05) is 31.7 Å². The molecule has 1 aliphatic heterocycles. The van der Waals surface area contributed by atoms with Gasteiger partial charge in [-0.2, -0.15) is 0 Å². The summed E-state index contributed by atoms with van der Waals surface area (Å²) in [5.74, 6) is 0.718. The lowest BCUT2D eigenvalue weighted by Crippen LogP contribution is -2.37. The summed E-state index contributed by atoms with van der Waals surface area (Å²) in [6, 6.07) is 11.2. The molecule has 5 nitrogen and oxygen atoms in total. The van der Waals surface area contributed by atoms with Gasteiger partial charge in [0.15, 0.2) is 5.76 Å². The maximum absolute atomic E-state index is 12.7. The van der Waals surface area contributed by atoms with Crippen LogP contribution < -0.4 is 0 Å². The third-order valence-corrected chi connectivity index (χ3v) is 4.63. The van der Waals surface area contributed by atoms with Gasteiger partial charge < -0.3 is 14.2 Å². The largest absolute Gasteiger partial charge is 0.459 e. The quantitative estimate of drug-likeness (QED) is 0.860. The van der Waals surface area contributed by atoms with Crippen LogP contribution in [0.4, 0.5) is 0 Å². The van der Waals surface area contributed by atoms with Crippen LogP contribution >= 0.6 is 0 Å². The van der Waals surface area contributed by atoms with Crippen molar-refractivity contribution >= 4 is 11.8 Å². The van der Waals surface area contributed by atoms with Crippen LogP contribution in [0.15, 0.2) is 47.1 Å². The molecule has 1 fully saturated rings.